The molecule has 3 N–H and O–H groups in total. The van der Waals surface area contributed by atoms with Crippen LogP contribution in [0.25, 0.3) is 0 Å². The van der Waals surface area contributed by atoms with Crippen LogP contribution in [0.3, 0.4) is 0 Å². The summed E-state index contributed by atoms with van der Waals surface area (Å²) in [6, 6.07) is 1.69. The summed E-state index contributed by atoms with van der Waals surface area (Å²) in [5.41, 5.74) is -0.439. The van der Waals surface area contributed by atoms with Crippen molar-refractivity contribution in [3.63, 3.8) is 0 Å². The van der Waals surface area contributed by atoms with Gasteiger partial charge in [0.15, 0.2) is 23.4 Å². The zero-order chi connectivity index (χ0) is 19.8. The number of benzene rings is 1. The van der Waals surface area contributed by atoms with Gasteiger partial charge in [-0.15, -0.1) is 11.3 Å². The molecule has 0 aliphatic carbocycles. The number of anilines is 1. The lowest BCUT2D eigenvalue weighted by molar-refractivity contribution is -0.114. The number of amides is 1. The highest BCUT2D eigenvalue weighted by molar-refractivity contribution is 7.11. The van der Waals surface area contributed by atoms with E-state index in [1.165, 1.54) is 0 Å². The molecular weight excluding hydrogens is 379 g/mol. The first-order valence-corrected chi connectivity index (χ1v) is 9.09. The van der Waals surface area contributed by atoms with Crippen LogP contribution in [0.4, 0.5) is 18.9 Å². The quantitative estimate of drug-likeness (QED) is 0.380. The Bertz CT molecular complexity index is 825. The molecule has 0 aliphatic heterocycles. The van der Waals surface area contributed by atoms with Crippen LogP contribution in [-0.2, 0) is 11.2 Å². The smallest absolute Gasteiger partial charge is 0.246 e. The molecule has 2 rings (SSSR count). The number of nitrogens with one attached hydrogen (secondary N) is 3. The molecule has 10 heteroatoms. The van der Waals surface area contributed by atoms with Gasteiger partial charge in [-0.3, -0.25) is 4.79 Å². The number of rotatable bonds is 7. The summed E-state index contributed by atoms with van der Waals surface area (Å²) in [6.07, 6.45) is 2.51. The summed E-state index contributed by atoms with van der Waals surface area (Å²) in [5, 5.41) is 9.20. The van der Waals surface area contributed by atoms with Crippen molar-refractivity contribution in [1.29, 1.82) is 0 Å². The van der Waals surface area contributed by atoms with E-state index >= 15 is 0 Å². The van der Waals surface area contributed by atoms with E-state index in [9.17, 15) is 18.0 Å². The number of aromatic nitrogens is 1. The average Bonchev–Trinajstić information content (AvgIpc) is 3.05. The first kappa shape index (κ1) is 20.7. The van der Waals surface area contributed by atoms with Crippen molar-refractivity contribution in [1.82, 2.24) is 15.6 Å². The van der Waals surface area contributed by atoms with Gasteiger partial charge in [-0.25, -0.2) is 23.1 Å². The van der Waals surface area contributed by atoms with E-state index in [0.29, 0.717) is 25.5 Å². The molecule has 0 saturated carbocycles. The van der Waals surface area contributed by atoms with E-state index in [1.807, 2.05) is 13.8 Å². The maximum atomic E-state index is 13.6. The second-order valence-corrected chi connectivity index (χ2v) is 6.83. The van der Waals surface area contributed by atoms with Crippen molar-refractivity contribution >= 4 is 28.9 Å². The molecular formula is C17H20F3N5OS. The minimum absolute atomic E-state index is 0.315. The van der Waals surface area contributed by atoms with Gasteiger partial charge in [-0.1, -0.05) is 0 Å². The lowest BCUT2D eigenvalue weighted by Crippen LogP contribution is -2.39. The highest BCUT2D eigenvalue weighted by Gasteiger charge is 2.15. The van der Waals surface area contributed by atoms with Gasteiger partial charge >= 0.3 is 0 Å². The molecule has 0 atom stereocenters. The largest absolute Gasteiger partial charge is 0.357 e. The summed E-state index contributed by atoms with van der Waals surface area (Å²) in [5.74, 6) is -4.66. The normalized spacial score (nSPS) is 11.4. The number of aliphatic imine (C=N–C) groups is 1. The molecule has 2 aromatic rings. The number of hydrogen-bond acceptors (Lipinski definition) is 4. The average molecular weight is 399 g/mol. The number of guanidine groups is 1. The van der Waals surface area contributed by atoms with E-state index < -0.39 is 29.0 Å². The van der Waals surface area contributed by atoms with Gasteiger partial charge in [-0.2, -0.15) is 0 Å². The Morgan fingerprint density at radius 2 is 2.00 bits per heavy atom. The SMILES string of the molecule is CCNC(=NCC(=O)Nc1ccc(F)c(F)c1F)NCCc1ncc(C)s1. The van der Waals surface area contributed by atoms with Crippen LogP contribution in [0.1, 0.15) is 16.8 Å². The minimum atomic E-state index is -1.64. The molecule has 1 amide bonds. The number of aryl methyl sites for hydroxylation is 1. The standard InChI is InChI=1S/C17H20F3N5OS/c1-3-21-17(22-7-6-14-23-8-10(2)27-14)24-9-13(26)25-12-5-4-11(18)15(19)16(12)20/h4-5,8H,3,6-7,9H2,1-2H3,(H,25,26)(H2,21,22,24). The Morgan fingerprint density at radius 3 is 2.67 bits per heavy atom. The number of thiazole rings is 1. The highest BCUT2D eigenvalue weighted by Crippen LogP contribution is 2.19. The zero-order valence-corrected chi connectivity index (χ0v) is 15.7. The van der Waals surface area contributed by atoms with Crippen LogP contribution in [0.15, 0.2) is 23.3 Å². The molecule has 0 fully saturated rings. The molecule has 0 saturated heterocycles. The second-order valence-electron chi connectivity index (χ2n) is 5.51. The maximum Gasteiger partial charge on any atom is 0.246 e. The molecule has 1 heterocycles. The fourth-order valence-corrected chi connectivity index (χ4v) is 2.90. The van der Waals surface area contributed by atoms with E-state index in [1.54, 1.807) is 17.5 Å². The van der Waals surface area contributed by atoms with Gasteiger partial charge in [0.05, 0.1) is 10.7 Å². The van der Waals surface area contributed by atoms with Crippen molar-refractivity contribution in [3.05, 3.63) is 45.7 Å². The Labute approximate surface area is 158 Å². The van der Waals surface area contributed by atoms with E-state index in [0.717, 1.165) is 22.0 Å². The van der Waals surface area contributed by atoms with E-state index in [2.05, 4.69) is 25.9 Å². The van der Waals surface area contributed by atoms with Crippen molar-refractivity contribution in [3.8, 4) is 0 Å². The lowest BCUT2D eigenvalue weighted by atomic mass is 10.3. The van der Waals surface area contributed by atoms with Crippen LogP contribution < -0.4 is 16.0 Å². The summed E-state index contributed by atoms with van der Waals surface area (Å²) in [6.45, 7) is 4.69. The Morgan fingerprint density at radius 1 is 1.22 bits per heavy atom. The summed E-state index contributed by atoms with van der Waals surface area (Å²) in [4.78, 5) is 21.4. The molecule has 0 spiro atoms. The van der Waals surface area contributed by atoms with E-state index in [4.69, 9.17) is 0 Å². The number of halogens is 3. The third kappa shape index (κ3) is 6.24. The molecule has 1 aromatic heterocycles. The molecule has 0 radical (unpaired) electrons. The predicted octanol–water partition coefficient (Wildman–Crippen LogP) is 2.61. The molecule has 0 bridgehead atoms. The summed E-state index contributed by atoms with van der Waals surface area (Å²) in [7, 11) is 0. The number of nitrogens with zero attached hydrogens (tertiary/aromatic N) is 2. The fourth-order valence-electron chi connectivity index (χ4n) is 2.11. The lowest BCUT2D eigenvalue weighted by Gasteiger charge is -2.11. The van der Waals surface area contributed by atoms with Crippen molar-refractivity contribution in [2.24, 2.45) is 4.99 Å². The molecule has 1 aromatic carbocycles. The summed E-state index contributed by atoms with van der Waals surface area (Å²) < 4.78 is 39.7. The Hall–Kier alpha value is -2.62. The van der Waals surface area contributed by atoms with Crippen LogP contribution in [-0.4, -0.2) is 36.5 Å². The number of hydrogen-bond donors (Lipinski definition) is 3. The Balaban J connectivity index is 1.89. The fraction of sp³-hybridized carbons (Fsp3) is 0.353. The topological polar surface area (TPSA) is 78.4 Å². The third-order valence-corrected chi connectivity index (χ3v) is 4.31. The van der Waals surface area contributed by atoms with Gasteiger partial charge in [0.2, 0.25) is 5.91 Å². The highest BCUT2D eigenvalue weighted by atomic mass is 32.1. The van der Waals surface area contributed by atoms with Gasteiger partial charge in [0.1, 0.15) is 6.54 Å². The van der Waals surface area contributed by atoms with Crippen LogP contribution in [0.5, 0.6) is 0 Å². The molecule has 0 unspecified atom stereocenters. The first-order chi connectivity index (χ1) is 12.9. The molecule has 6 nitrogen and oxygen atoms in total. The van der Waals surface area contributed by atoms with Crippen LogP contribution >= 0.6 is 11.3 Å². The predicted molar refractivity (Wildman–Crippen MR) is 99.5 cm³/mol. The van der Waals surface area contributed by atoms with Gasteiger partial charge in [-0.05, 0) is 26.0 Å². The Kier molecular flexibility index (Phi) is 7.59. The van der Waals surface area contributed by atoms with Gasteiger partial charge < -0.3 is 16.0 Å². The molecule has 27 heavy (non-hydrogen) atoms. The van der Waals surface area contributed by atoms with Crippen molar-refractivity contribution in [2.75, 3.05) is 25.0 Å². The zero-order valence-electron chi connectivity index (χ0n) is 14.9. The summed E-state index contributed by atoms with van der Waals surface area (Å²) >= 11 is 1.61. The van der Waals surface area contributed by atoms with Crippen molar-refractivity contribution < 1.29 is 18.0 Å². The third-order valence-electron chi connectivity index (χ3n) is 3.33. The van der Waals surface area contributed by atoms with Crippen LogP contribution in [0, 0.1) is 24.4 Å². The minimum Gasteiger partial charge on any atom is -0.357 e. The molecule has 0 aliphatic rings. The van der Waals surface area contributed by atoms with Crippen molar-refractivity contribution in [2.45, 2.75) is 20.3 Å². The number of carbonyl (C=O) groups excluding carboxylic acids is 1. The van der Waals surface area contributed by atoms with E-state index in [-0.39, 0.29) is 6.54 Å². The number of carbonyl (C=O) groups is 1. The maximum absolute atomic E-state index is 13.6. The molecule has 146 valence electrons. The second kappa shape index (κ2) is 9.91. The van der Waals surface area contributed by atoms with Gasteiger partial charge in [0.25, 0.3) is 0 Å². The monoisotopic (exact) mass is 399 g/mol. The van der Waals surface area contributed by atoms with Gasteiger partial charge in [0, 0.05) is 30.6 Å². The first-order valence-electron chi connectivity index (χ1n) is 8.27. The van der Waals surface area contributed by atoms with Crippen LogP contribution in [0.2, 0.25) is 0 Å².